The standard InChI is InChI=1S/C57H66FN3O/c1-34-19-20-59-48(21-34)38-22-37(25-39(26-38)53(2,3)4)47-27-36(35-23-40(54(5,6)7)29-41(24-35)55(8,9)10)28-49-51(47)60-52(46-18-17-44(58)33-50(46)62)61(49)45-31-42(56(11,12)13)30-43(32-45)57(14,15)16/h17-33,62H,1-16H3. The molecular formula is C57H66FN3O. The molecule has 0 saturated heterocycles. The largest absolute Gasteiger partial charge is 0.507 e. The Morgan fingerprint density at radius 3 is 1.48 bits per heavy atom. The zero-order chi connectivity index (χ0) is 45.5. The van der Waals surface area contributed by atoms with Crippen molar-refractivity contribution in [1.29, 1.82) is 0 Å². The highest BCUT2D eigenvalue weighted by Gasteiger charge is 2.28. The molecule has 0 saturated carbocycles. The number of rotatable bonds is 5. The van der Waals surface area contributed by atoms with Crippen LogP contribution in [-0.2, 0) is 27.1 Å². The van der Waals surface area contributed by atoms with Crippen LogP contribution in [0.1, 0.15) is 137 Å². The van der Waals surface area contributed by atoms with Gasteiger partial charge in [-0.3, -0.25) is 9.55 Å². The number of fused-ring (bicyclic) bond motifs is 1. The van der Waals surface area contributed by atoms with Gasteiger partial charge in [0, 0.05) is 29.1 Å². The number of phenols is 1. The summed E-state index contributed by atoms with van der Waals surface area (Å²) < 4.78 is 17.0. The van der Waals surface area contributed by atoms with Crippen molar-refractivity contribution in [3.63, 3.8) is 0 Å². The Morgan fingerprint density at radius 1 is 0.484 bits per heavy atom. The SMILES string of the molecule is Cc1ccnc(-c2cc(-c3cc(-c4cc(C(C)(C)C)cc(C(C)(C)C)c4)cc4c3nc(-c3ccc(F)cc3O)n4-c3cc(C(C)(C)C)cc(C(C)(C)C)c3)cc(C(C)(C)C)c2)c1. The summed E-state index contributed by atoms with van der Waals surface area (Å²) in [4.78, 5) is 10.4. The van der Waals surface area contributed by atoms with Gasteiger partial charge in [0.1, 0.15) is 17.4 Å². The zero-order valence-electron chi connectivity index (χ0n) is 40.0. The molecule has 7 aromatic rings. The summed E-state index contributed by atoms with van der Waals surface area (Å²) in [5.74, 6) is -0.138. The average Bonchev–Trinajstić information content (AvgIpc) is 3.54. The van der Waals surface area contributed by atoms with Crippen molar-refractivity contribution in [3.05, 3.63) is 142 Å². The number of pyridine rings is 1. The monoisotopic (exact) mass is 828 g/mol. The van der Waals surface area contributed by atoms with Gasteiger partial charge >= 0.3 is 0 Å². The topological polar surface area (TPSA) is 50.9 Å². The fraction of sp³-hybridized carbons (Fsp3) is 0.368. The van der Waals surface area contributed by atoms with E-state index in [2.05, 4.69) is 188 Å². The van der Waals surface area contributed by atoms with Gasteiger partial charge in [0.2, 0.25) is 0 Å². The highest BCUT2D eigenvalue weighted by molar-refractivity contribution is 6.00. The second-order valence-corrected chi connectivity index (χ2v) is 22.7. The third-order valence-corrected chi connectivity index (χ3v) is 12.2. The van der Waals surface area contributed by atoms with E-state index >= 15 is 0 Å². The molecule has 2 aromatic heterocycles. The van der Waals surface area contributed by atoms with Crippen molar-refractivity contribution in [2.75, 3.05) is 0 Å². The fourth-order valence-corrected chi connectivity index (χ4v) is 8.02. The molecule has 1 N–H and O–H groups in total. The maximum Gasteiger partial charge on any atom is 0.149 e. The Labute approximate surface area is 370 Å². The van der Waals surface area contributed by atoms with Crippen molar-refractivity contribution in [2.24, 2.45) is 0 Å². The molecule has 4 nitrogen and oxygen atoms in total. The average molecular weight is 828 g/mol. The lowest BCUT2D eigenvalue weighted by Crippen LogP contribution is -2.17. The molecular weight excluding hydrogens is 762 g/mol. The highest BCUT2D eigenvalue weighted by atomic mass is 19.1. The summed E-state index contributed by atoms with van der Waals surface area (Å²) in [7, 11) is 0. The van der Waals surface area contributed by atoms with Crippen molar-refractivity contribution < 1.29 is 9.50 Å². The molecule has 0 aliphatic heterocycles. The first-order chi connectivity index (χ1) is 28.6. The molecule has 0 spiro atoms. The number of imidazole rings is 1. The molecule has 7 rings (SSSR count). The highest BCUT2D eigenvalue weighted by Crippen LogP contribution is 2.44. The second kappa shape index (κ2) is 15.4. The number of phenolic OH excluding ortho intramolecular Hbond substituents is 1. The van der Waals surface area contributed by atoms with Crippen LogP contribution in [-0.4, -0.2) is 19.6 Å². The quantitative estimate of drug-likeness (QED) is 0.188. The van der Waals surface area contributed by atoms with Crippen LogP contribution in [0.5, 0.6) is 5.75 Å². The molecule has 0 aliphatic rings. The van der Waals surface area contributed by atoms with Crippen LogP contribution in [0.25, 0.3) is 61.6 Å². The third kappa shape index (κ3) is 9.00. The van der Waals surface area contributed by atoms with Gasteiger partial charge in [-0.15, -0.1) is 0 Å². The minimum absolute atomic E-state index is 0.0918. The Hall–Kier alpha value is -5.55. The minimum Gasteiger partial charge on any atom is -0.507 e. The van der Waals surface area contributed by atoms with Crippen LogP contribution < -0.4 is 0 Å². The van der Waals surface area contributed by atoms with Crippen LogP contribution in [0, 0.1) is 12.7 Å². The Balaban J connectivity index is 1.71. The number of halogens is 1. The molecule has 0 bridgehead atoms. The van der Waals surface area contributed by atoms with Gasteiger partial charge < -0.3 is 5.11 Å². The number of nitrogens with zero attached hydrogens (tertiary/aromatic N) is 3. The van der Waals surface area contributed by atoms with E-state index in [0.29, 0.717) is 11.4 Å². The predicted molar refractivity (Wildman–Crippen MR) is 260 cm³/mol. The summed E-state index contributed by atoms with van der Waals surface area (Å²) >= 11 is 0. The first-order valence-corrected chi connectivity index (χ1v) is 22.1. The van der Waals surface area contributed by atoms with E-state index in [-0.39, 0.29) is 32.8 Å². The lowest BCUT2D eigenvalue weighted by atomic mass is 9.78. The van der Waals surface area contributed by atoms with Crippen LogP contribution >= 0.6 is 0 Å². The predicted octanol–water partition coefficient (Wildman–Crippen LogP) is 15.7. The Kier molecular flexibility index (Phi) is 11.0. The van der Waals surface area contributed by atoms with Gasteiger partial charge in [0.25, 0.3) is 0 Å². The van der Waals surface area contributed by atoms with E-state index in [1.807, 2.05) is 12.3 Å². The first kappa shape index (κ1) is 44.5. The van der Waals surface area contributed by atoms with Crippen molar-refractivity contribution in [1.82, 2.24) is 14.5 Å². The summed E-state index contributed by atoms with van der Waals surface area (Å²) in [6.45, 7) is 35.9. The molecule has 0 fully saturated rings. The van der Waals surface area contributed by atoms with Gasteiger partial charge in [-0.2, -0.15) is 0 Å². The van der Waals surface area contributed by atoms with E-state index in [1.165, 1.54) is 39.9 Å². The van der Waals surface area contributed by atoms with Crippen molar-refractivity contribution in [3.8, 4) is 56.3 Å². The number of aromatic hydroxyl groups is 1. The molecule has 2 heterocycles. The molecule has 5 aromatic carbocycles. The van der Waals surface area contributed by atoms with Crippen molar-refractivity contribution in [2.45, 2.75) is 138 Å². The molecule has 0 aliphatic carbocycles. The zero-order valence-corrected chi connectivity index (χ0v) is 40.0. The number of hydrogen-bond donors (Lipinski definition) is 1. The van der Waals surface area contributed by atoms with Crippen molar-refractivity contribution >= 4 is 11.0 Å². The summed E-state index contributed by atoms with van der Waals surface area (Å²) in [5, 5.41) is 11.6. The van der Waals surface area contributed by atoms with Gasteiger partial charge in [-0.25, -0.2) is 9.37 Å². The van der Waals surface area contributed by atoms with Crippen LogP contribution in [0.2, 0.25) is 0 Å². The lowest BCUT2D eigenvalue weighted by Gasteiger charge is -2.27. The van der Waals surface area contributed by atoms with Gasteiger partial charge in [0.15, 0.2) is 0 Å². The number of benzene rings is 5. The van der Waals surface area contributed by atoms with E-state index < -0.39 is 5.82 Å². The molecule has 5 heteroatoms. The molecule has 0 radical (unpaired) electrons. The molecule has 0 amide bonds. The summed E-state index contributed by atoms with van der Waals surface area (Å²) in [6, 6.07) is 33.7. The van der Waals surface area contributed by atoms with Gasteiger partial charge in [0.05, 0.1) is 22.3 Å². The fourth-order valence-electron chi connectivity index (χ4n) is 8.02. The van der Waals surface area contributed by atoms with E-state index in [4.69, 9.17) is 9.97 Å². The molecule has 62 heavy (non-hydrogen) atoms. The van der Waals surface area contributed by atoms with Crippen LogP contribution in [0.4, 0.5) is 4.39 Å². The number of hydrogen-bond acceptors (Lipinski definition) is 3. The Morgan fingerprint density at radius 2 is 0.968 bits per heavy atom. The van der Waals surface area contributed by atoms with E-state index in [1.54, 1.807) is 6.07 Å². The van der Waals surface area contributed by atoms with Crippen LogP contribution in [0.3, 0.4) is 0 Å². The smallest absolute Gasteiger partial charge is 0.149 e. The summed E-state index contributed by atoms with van der Waals surface area (Å²) in [6.07, 6.45) is 1.88. The minimum atomic E-state index is -0.508. The molecule has 322 valence electrons. The lowest BCUT2D eigenvalue weighted by molar-refractivity contribution is 0.470. The van der Waals surface area contributed by atoms with Crippen LogP contribution in [0.15, 0.2) is 103 Å². The van der Waals surface area contributed by atoms with Gasteiger partial charge in [-0.05, 0) is 145 Å². The first-order valence-electron chi connectivity index (χ1n) is 22.1. The second-order valence-electron chi connectivity index (χ2n) is 22.7. The third-order valence-electron chi connectivity index (χ3n) is 12.2. The number of aryl methyl sites for hydroxylation is 1. The van der Waals surface area contributed by atoms with Gasteiger partial charge in [-0.1, -0.05) is 134 Å². The maximum absolute atomic E-state index is 14.8. The number of aromatic nitrogens is 3. The van der Waals surface area contributed by atoms with E-state index in [0.717, 1.165) is 55.8 Å². The molecule has 0 atom stereocenters. The molecule has 0 unspecified atom stereocenters. The maximum atomic E-state index is 14.8. The van der Waals surface area contributed by atoms with E-state index in [9.17, 15) is 9.50 Å². The summed E-state index contributed by atoms with van der Waals surface area (Å²) in [5.41, 5.74) is 15.7. The Bertz CT molecular complexity index is 2780. The normalized spacial score (nSPS) is 13.0.